The first-order valence-corrected chi connectivity index (χ1v) is 6.14. The summed E-state index contributed by atoms with van der Waals surface area (Å²) in [5.41, 5.74) is -0.502. The predicted molar refractivity (Wildman–Crippen MR) is 69.1 cm³/mol. The van der Waals surface area contributed by atoms with E-state index in [-0.39, 0.29) is 12.1 Å². The van der Waals surface area contributed by atoms with Crippen molar-refractivity contribution in [1.29, 1.82) is 0 Å². The predicted octanol–water partition coefficient (Wildman–Crippen LogP) is 0.579. The highest BCUT2D eigenvalue weighted by molar-refractivity contribution is 5.67. The molecule has 0 saturated carbocycles. The quantitative estimate of drug-likeness (QED) is 0.723. The zero-order valence-electron chi connectivity index (χ0n) is 11.3. The van der Waals surface area contributed by atoms with Crippen molar-refractivity contribution in [3.63, 3.8) is 0 Å². The molecule has 0 aromatic rings. The minimum atomic E-state index is -0.502. The maximum Gasteiger partial charge on any atom is 0.407 e. The molecule has 102 valence electrons. The van der Waals surface area contributed by atoms with Gasteiger partial charge in [-0.2, -0.15) is 0 Å². The summed E-state index contributed by atoms with van der Waals surface area (Å²) in [7, 11) is 0. The van der Waals surface area contributed by atoms with Gasteiger partial charge in [-0.05, 0) is 27.2 Å². The van der Waals surface area contributed by atoms with Crippen molar-refractivity contribution >= 4 is 6.09 Å². The number of β-amino-alcohol motifs (C(OH)–C–C–N with tert-alkyl or cyclic N) is 1. The number of aliphatic hydroxyl groups is 1. The summed E-state index contributed by atoms with van der Waals surface area (Å²) in [4.78, 5) is 13.5. The summed E-state index contributed by atoms with van der Waals surface area (Å²) < 4.78 is 5.15. The minimum absolute atomic E-state index is 0.0727. The van der Waals surface area contributed by atoms with Gasteiger partial charge in [0.2, 0.25) is 0 Å². The summed E-state index contributed by atoms with van der Waals surface area (Å²) >= 11 is 0. The third-order valence-corrected chi connectivity index (χ3v) is 2.68. The summed E-state index contributed by atoms with van der Waals surface area (Å²) in [5.74, 6) is 2.56. The van der Waals surface area contributed by atoms with E-state index in [0.29, 0.717) is 26.1 Å². The second-order valence-corrected chi connectivity index (χ2v) is 5.56. The van der Waals surface area contributed by atoms with Gasteiger partial charge < -0.3 is 15.2 Å². The van der Waals surface area contributed by atoms with Crippen LogP contribution in [-0.4, -0.2) is 53.5 Å². The molecular weight excluding hydrogens is 232 g/mol. The molecule has 0 aromatic heterocycles. The SMILES string of the molecule is C#CCN1C[C@H](O)C[C@@H]1CNC(=O)OC(C)(C)C. The van der Waals surface area contributed by atoms with Crippen LogP contribution >= 0.6 is 0 Å². The molecule has 1 fully saturated rings. The zero-order chi connectivity index (χ0) is 13.8. The third-order valence-electron chi connectivity index (χ3n) is 2.68. The molecular formula is C13H22N2O3. The van der Waals surface area contributed by atoms with Crippen molar-refractivity contribution in [2.45, 2.75) is 44.9 Å². The smallest absolute Gasteiger partial charge is 0.407 e. The summed E-state index contributed by atoms with van der Waals surface area (Å²) in [5, 5.41) is 12.3. The Morgan fingerprint density at radius 3 is 2.83 bits per heavy atom. The van der Waals surface area contributed by atoms with Crippen LogP contribution in [-0.2, 0) is 4.74 Å². The molecule has 0 aliphatic carbocycles. The molecule has 0 unspecified atom stereocenters. The molecule has 0 spiro atoms. The Morgan fingerprint density at radius 2 is 2.28 bits per heavy atom. The number of nitrogens with zero attached hydrogens (tertiary/aromatic N) is 1. The molecule has 1 heterocycles. The van der Waals surface area contributed by atoms with Crippen LogP contribution in [0.15, 0.2) is 0 Å². The van der Waals surface area contributed by atoms with E-state index >= 15 is 0 Å². The van der Waals surface area contributed by atoms with E-state index in [9.17, 15) is 9.90 Å². The first-order chi connectivity index (χ1) is 8.31. The lowest BCUT2D eigenvalue weighted by Crippen LogP contribution is -2.42. The molecule has 1 amide bonds. The Hall–Kier alpha value is -1.25. The summed E-state index contributed by atoms with van der Waals surface area (Å²) in [6, 6.07) is 0.0727. The zero-order valence-corrected chi connectivity index (χ0v) is 11.3. The second kappa shape index (κ2) is 6.07. The molecule has 2 N–H and O–H groups in total. The maximum atomic E-state index is 11.5. The average molecular weight is 254 g/mol. The number of nitrogens with one attached hydrogen (secondary N) is 1. The fraction of sp³-hybridized carbons (Fsp3) is 0.769. The average Bonchev–Trinajstić information content (AvgIpc) is 2.54. The van der Waals surface area contributed by atoms with E-state index in [4.69, 9.17) is 11.2 Å². The van der Waals surface area contributed by atoms with Gasteiger partial charge in [-0.25, -0.2) is 4.79 Å². The standard InChI is InChI=1S/C13H22N2O3/c1-5-6-15-9-11(16)7-10(15)8-14-12(17)18-13(2,3)4/h1,10-11,16H,6-9H2,2-4H3,(H,14,17)/t10-,11-/m1/s1. The topological polar surface area (TPSA) is 61.8 Å². The van der Waals surface area contributed by atoms with E-state index < -0.39 is 11.7 Å². The first kappa shape index (κ1) is 14.8. The molecule has 1 rings (SSSR count). The first-order valence-electron chi connectivity index (χ1n) is 6.14. The number of alkyl carbamates (subject to hydrolysis) is 1. The Labute approximate surface area is 108 Å². The molecule has 5 heteroatoms. The van der Waals surface area contributed by atoms with Gasteiger partial charge in [-0.1, -0.05) is 5.92 Å². The van der Waals surface area contributed by atoms with E-state index in [1.54, 1.807) is 0 Å². The highest BCUT2D eigenvalue weighted by atomic mass is 16.6. The normalized spacial score (nSPS) is 24.6. The third kappa shape index (κ3) is 4.94. The highest BCUT2D eigenvalue weighted by Crippen LogP contribution is 2.16. The van der Waals surface area contributed by atoms with Gasteiger partial charge in [0.05, 0.1) is 12.6 Å². The molecule has 18 heavy (non-hydrogen) atoms. The van der Waals surface area contributed by atoms with Gasteiger partial charge in [-0.3, -0.25) is 4.90 Å². The number of amides is 1. The van der Waals surface area contributed by atoms with E-state index in [0.717, 1.165) is 0 Å². The monoisotopic (exact) mass is 254 g/mol. The van der Waals surface area contributed by atoms with Crippen LogP contribution in [0.3, 0.4) is 0 Å². The van der Waals surface area contributed by atoms with Gasteiger partial charge in [0.1, 0.15) is 5.60 Å². The van der Waals surface area contributed by atoms with Gasteiger partial charge in [0.15, 0.2) is 0 Å². The fourth-order valence-corrected chi connectivity index (χ4v) is 2.00. The number of likely N-dealkylation sites (tertiary alicyclic amines) is 1. The number of rotatable bonds is 3. The highest BCUT2D eigenvalue weighted by Gasteiger charge is 2.30. The van der Waals surface area contributed by atoms with Crippen LogP contribution < -0.4 is 5.32 Å². The van der Waals surface area contributed by atoms with Gasteiger partial charge in [-0.15, -0.1) is 6.42 Å². The number of terminal acetylenes is 1. The summed E-state index contributed by atoms with van der Waals surface area (Å²) in [6.45, 7) is 6.93. The van der Waals surface area contributed by atoms with Crippen molar-refractivity contribution in [3.8, 4) is 12.3 Å². The lowest BCUT2D eigenvalue weighted by molar-refractivity contribution is 0.0514. The Kier molecular flexibility index (Phi) is 5.00. The minimum Gasteiger partial charge on any atom is -0.444 e. The molecule has 2 atom stereocenters. The summed E-state index contributed by atoms with van der Waals surface area (Å²) in [6.07, 6.45) is 5.08. The maximum absolute atomic E-state index is 11.5. The van der Waals surface area contributed by atoms with Crippen LogP contribution in [0.4, 0.5) is 4.79 Å². The number of ether oxygens (including phenoxy) is 1. The van der Waals surface area contributed by atoms with Gasteiger partial charge >= 0.3 is 6.09 Å². The van der Waals surface area contributed by atoms with Crippen LogP contribution in [0.1, 0.15) is 27.2 Å². The van der Waals surface area contributed by atoms with E-state index in [2.05, 4.69) is 11.2 Å². The molecule has 1 aliphatic heterocycles. The molecule has 1 aliphatic rings. The largest absolute Gasteiger partial charge is 0.444 e. The van der Waals surface area contributed by atoms with E-state index in [1.807, 2.05) is 25.7 Å². The van der Waals surface area contributed by atoms with Crippen molar-refractivity contribution in [3.05, 3.63) is 0 Å². The number of hydrogen-bond acceptors (Lipinski definition) is 4. The Bertz CT molecular complexity index is 330. The number of hydrogen-bond donors (Lipinski definition) is 2. The van der Waals surface area contributed by atoms with Crippen molar-refractivity contribution in [2.75, 3.05) is 19.6 Å². The van der Waals surface area contributed by atoms with Crippen LogP contribution in [0.5, 0.6) is 0 Å². The van der Waals surface area contributed by atoms with Crippen molar-refractivity contribution in [2.24, 2.45) is 0 Å². The second-order valence-electron chi connectivity index (χ2n) is 5.56. The van der Waals surface area contributed by atoms with Crippen LogP contribution in [0, 0.1) is 12.3 Å². The van der Waals surface area contributed by atoms with Crippen molar-refractivity contribution < 1.29 is 14.6 Å². The molecule has 5 nitrogen and oxygen atoms in total. The van der Waals surface area contributed by atoms with Crippen molar-refractivity contribution in [1.82, 2.24) is 10.2 Å². The number of carbonyl (C=O) groups excluding carboxylic acids is 1. The van der Waals surface area contributed by atoms with Crippen LogP contribution in [0.2, 0.25) is 0 Å². The Balaban J connectivity index is 2.38. The molecule has 0 radical (unpaired) electrons. The molecule has 1 saturated heterocycles. The number of carbonyl (C=O) groups is 1. The van der Waals surface area contributed by atoms with Gasteiger partial charge in [0, 0.05) is 19.1 Å². The van der Waals surface area contributed by atoms with Crippen LogP contribution in [0.25, 0.3) is 0 Å². The molecule has 0 aromatic carbocycles. The molecule has 0 bridgehead atoms. The van der Waals surface area contributed by atoms with Gasteiger partial charge in [0.25, 0.3) is 0 Å². The fourth-order valence-electron chi connectivity index (χ4n) is 2.00. The number of aliphatic hydroxyl groups excluding tert-OH is 1. The lowest BCUT2D eigenvalue weighted by atomic mass is 10.2. The Morgan fingerprint density at radius 1 is 1.61 bits per heavy atom. The lowest BCUT2D eigenvalue weighted by Gasteiger charge is -2.24. The van der Waals surface area contributed by atoms with E-state index in [1.165, 1.54) is 0 Å².